The molecule has 0 bridgehead atoms. The van der Waals surface area contributed by atoms with Crippen LogP contribution in [0.25, 0.3) is 0 Å². The van der Waals surface area contributed by atoms with Gasteiger partial charge in [-0.15, -0.1) is 11.3 Å². The monoisotopic (exact) mass is 381 g/mol. The first-order chi connectivity index (χ1) is 12.5. The second-order valence-corrected chi connectivity index (χ2v) is 7.35. The van der Waals surface area contributed by atoms with Crippen molar-refractivity contribution in [3.8, 4) is 0 Å². The molecule has 2 rings (SSSR count). The Morgan fingerprint density at radius 2 is 2.04 bits per heavy atom. The predicted octanol–water partition coefficient (Wildman–Crippen LogP) is 2.33. The Kier molecular flexibility index (Phi) is 7.59. The van der Waals surface area contributed by atoms with Gasteiger partial charge < -0.3 is 15.8 Å². The van der Waals surface area contributed by atoms with E-state index in [2.05, 4.69) is 5.32 Å². The lowest BCUT2D eigenvalue weighted by atomic mass is 10.1. The number of amides is 2. The van der Waals surface area contributed by atoms with Gasteiger partial charge in [-0.3, -0.25) is 14.5 Å². The fourth-order valence-electron chi connectivity index (χ4n) is 2.76. The molecule has 1 heterocycles. The van der Waals surface area contributed by atoms with Gasteiger partial charge in [-0.05, 0) is 49.6 Å². The van der Waals surface area contributed by atoms with Gasteiger partial charge >= 0.3 is 5.97 Å². The number of hydrogen-bond donors (Lipinski definition) is 2. The number of thiophene rings is 1. The molecule has 0 atom stereocenters. The molecule has 0 saturated heterocycles. The maximum Gasteiger partial charge on any atom is 0.341 e. The highest BCUT2D eigenvalue weighted by Gasteiger charge is 2.32. The number of nitrogens with two attached hydrogens (primary N) is 1. The summed E-state index contributed by atoms with van der Waals surface area (Å²) in [5.41, 5.74) is 6.70. The van der Waals surface area contributed by atoms with Gasteiger partial charge in [0.05, 0.1) is 25.3 Å². The molecule has 0 radical (unpaired) electrons. The quantitative estimate of drug-likeness (QED) is 0.573. The van der Waals surface area contributed by atoms with E-state index >= 15 is 0 Å². The van der Waals surface area contributed by atoms with Gasteiger partial charge in [0, 0.05) is 0 Å². The van der Waals surface area contributed by atoms with Crippen molar-refractivity contribution in [2.75, 3.05) is 31.6 Å². The number of nitrogens with one attached hydrogen (secondary N) is 1. The van der Waals surface area contributed by atoms with E-state index in [4.69, 9.17) is 10.5 Å². The van der Waals surface area contributed by atoms with Crippen LogP contribution in [0.3, 0.4) is 0 Å². The van der Waals surface area contributed by atoms with E-state index in [0.717, 1.165) is 31.2 Å². The van der Waals surface area contributed by atoms with E-state index in [9.17, 15) is 14.4 Å². The van der Waals surface area contributed by atoms with Crippen LogP contribution in [0.1, 0.15) is 61.4 Å². The summed E-state index contributed by atoms with van der Waals surface area (Å²) in [5.74, 6) is -0.747. The van der Waals surface area contributed by atoms with Gasteiger partial charge in [-0.25, -0.2) is 4.79 Å². The number of carbonyl (C=O) groups is 3. The molecule has 1 aliphatic carbocycles. The number of anilines is 1. The SMILES string of the molecule is CCCCN(CC(N)=O)CC(=O)Nc1scc(C2CC2)c1C(=O)OCC. The van der Waals surface area contributed by atoms with Gasteiger partial charge in [-0.2, -0.15) is 0 Å². The summed E-state index contributed by atoms with van der Waals surface area (Å²) < 4.78 is 5.16. The molecule has 1 fully saturated rings. The molecule has 0 aromatic carbocycles. The lowest BCUT2D eigenvalue weighted by molar-refractivity contribution is -0.121. The highest BCUT2D eigenvalue weighted by atomic mass is 32.1. The minimum Gasteiger partial charge on any atom is -0.462 e. The molecule has 1 saturated carbocycles. The summed E-state index contributed by atoms with van der Waals surface area (Å²) in [4.78, 5) is 37.7. The third kappa shape index (κ3) is 5.81. The number of esters is 1. The summed E-state index contributed by atoms with van der Waals surface area (Å²) in [7, 11) is 0. The second-order valence-electron chi connectivity index (χ2n) is 6.47. The van der Waals surface area contributed by atoms with Crippen molar-refractivity contribution in [2.45, 2.75) is 45.4 Å². The number of ether oxygens (including phenoxy) is 1. The standard InChI is InChI=1S/C18H27N3O4S/c1-3-5-8-21(9-14(19)22)10-15(23)20-17-16(18(24)25-4-2)13(11-26-17)12-6-7-12/h11-12H,3-10H2,1-2H3,(H2,19,22)(H,20,23). The highest BCUT2D eigenvalue weighted by Crippen LogP contribution is 2.46. The predicted molar refractivity (Wildman–Crippen MR) is 101 cm³/mol. The van der Waals surface area contributed by atoms with Crippen LogP contribution in [0, 0.1) is 0 Å². The first kappa shape index (κ1) is 20.4. The van der Waals surface area contributed by atoms with E-state index in [1.54, 1.807) is 11.8 Å². The molecule has 26 heavy (non-hydrogen) atoms. The second kappa shape index (κ2) is 9.68. The molecular formula is C18H27N3O4S. The molecule has 0 aliphatic heterocycles. The van der Waals surface area contributed by atoms with Crippen LogP contribution in [0.15, 0.2) is 5.38 Å². The van der Waals surface area contributed by atoms with Crippen molar-refractivity contribution in [2.24, 2.45) is 5.73 Å². The van der Waals surface area contributed by atoms with Crippen LogP contribution < -0.4 is 11.1 Å². The summed E-state index contributed by atoms with van der Waals surface area (Å²) in [6.07, 6.45) is 3.94. The van der Waals surface area contributed by atoms with Gasteiger partial charge in [0.25, 0.3) is 0 Å². The Morgan fingerprint density at radius 3 is 2.62 bits per heavy atom. The Balaban J connectivity index is 2.07. The molecule has 0 spiro atoms. The molecule has 1 aromatic rings. The van der Waals surface area contributed by atoms with Gasteiger partial charge in [0.15, 0.2) is 0 Å². The lowest BCUT2D eigenvalue weighted by Gasteiger charge is -2.19. The zero-order chi connectivity index (χ0) is 19.1. The van der Waals surface area contributed by atoms with Crippen molar-refractivity contribution >= 4 is 34.1 Å². The Morgan fingerprint density at radius 1 is 1.31 bits per heavy atom. The highest BCUT2D eigenvalue weighted by molar-refractivity contribution is 7.15. The van der Waals surface area contributed by atoms with E-state index in [1.165, 1.54) is 11.3 Å². The van der Waals surface area contributed by atoms with E-state index in [0.29, 0.717) is 23.0 Å². The van der Waals surface area contributed by atoms with E-state index < -0.39 is 11.9 Å². The fraction of sp³-hybridized carbons (Fsp3) is 0.611. The Labute approximate surface area is 157 Å². The van der Waals surface area contributed by atoms with Crippen molar-refractivity contribution in [3.63, 3.8) is 0 Å². The first-order valence-electron chi connectivity index (χ1n) is 9.05. The molecule has 7 nitrogen and oxygen atoms in total. The molecule has 8 heteroatoms. The Hall–Kier alpha value is -1.93. The fourth-order valence-corrected chi connectivity index (χ4v) is 3.80. The van der Waals surface area contributed by atoms with Gasteiger partial charge in [-0.1, -0.05) is 13.3 Å². The smallest absolute Gasteiger partial charge is 0.341 e. The first-order valence-corrected chi connectivity index (χ1v) is 9.93. The number of unbranched alkanes of at least 4 members (excludes halogenated alkanes) is 1. The molecule has 1 aromatic heterocycles. The largest absolute Gasteiger partial charge is 0.462 e. The summed E-state index contributed by atoms with van der Waals surface area (Å²) in [6.45, 7) is 4.80. The third-order valence-corrected chi connectivity index (χ3v) is 5.06. The zero-order valence-corrected chi connectivity index (χ0v) is 16.2. The van der Waals surface area contributed by atoms with Crippen molar-refractivity contribution in [1.29, 1.82) is 0 Å². The molecule has 1 aliphatic rings. The van der Waals surface area contributed by atoms with E-state index in [1.807, 2.05) is 12.3 Å². The molecule has 2 amide bonds. The number of carbonyl (C=O) groups excluding carboxylic acids is 3. The van der Waals surface area contributed by atoms with Gasteiger partial charge in [0.2, 0.25) is 11.8 Å². The molecule has 0 unspecified atom stereocenters. The maximum atomic E-state index is 12.4. The topological polar surface area (TPSA) is 102 Å². The maximum absolute atomic E-state index is 12.4. The average Bonchev–Trinajstić information content (AvgIpc) is 3.33. The van der Waals surface area contributed by atoms with Crippen LogP contribution in [0.5, 0.6) is 0 Å². The third-order valence-electron chi connectivity index (χ3n) is 4.14. The molecular weight excluding hydrogens is 354 g/mol. The van der Waals surface area contributed by atoms with Crippen LogP contribution in [-0.2, 0) is 14.3 Å². The summed E-state index contributed by atoms with van der Waals surface area (Å²) in [5, 5.41) is 5.26. The summed E-state index contributed by atoms with van der Waals surface area (Å²) >= 11 is 1.34. The van der Waals surface area contributed by atoms with Gasteiger partial charge in [0.1, 0.15) is 5.00 Å². The molecule has 144 valence electrons. The van der Waals surface area contributed by atoms with Crippen molar-refractivity contribution < 1.29 is 19.1 Å². The Bertz CT molecular complexity index is 655. The summed E-state index contributed by atoms with van der Waals surface area (Å²) in [6, 6.07) is 0. The van der Waals surface area contributed by atoms with Crippen LogP contribution in [-0.4, -0.2) is 48.9 Å². The van der Waals surface area contributed by atoms with E-state index in [-0.39, 0.29) is 25.6 Å². The molecule has 3 N–H and O–H groups in total. The van der Waals surface area contributed by atoms with Crippen LogP contribution in [0.2, 0.25) is 0 Å². The average molecular weight is 381 g/mol. The number of nitrogens with zero attached hydrogens (tertiary/aromatic N) is 1. The van der Waals surface area contributed by atoms with Crippen molar-refractivity contribution in [3.05, 3.63) is 16.5 Å². The normalized spacial score (nSPS) is 13.7. The van der Waals surface area contributed by atoms with Crippen molar-refractivity contribution in [1.82, 2.24) is 4.90 Å². The zero-order valence-electron chi connectivity index (χ0n) is 15.4. The van der Waals surface area contributed by atoms with Crippen LogP contribution in [0.4, 0.5) is 5.00 Å². The number of primary amides is 1. The minimum atomic E-state index is -0.465. The van der Waals surface area contributed by atoms with Crippen LogP contribution >= 0.6 is 11.3 Å². The number of hydrogen-bond acceptors (Lipinski definition) is 6. The number of rotatable bonds is 11. The lowest BCUT2D eigenvalue weighted by Crippen LogP contribution is -2.39. The minimum absolute atomic E-state index is 0.0376.